The van der Waals surface area contributed by atoms with Crippen LogP contribution in [0.25, 0.3) is 0 Å². The van der Waals surface area contributed by atoms with Crippen LogP contribution in [-0.4, -0.2) is 28.0 Å². The highest BCUT2D eigenvalue weighted by Gasteiger charge is 2.30. The standard InChI is InChI=1S/C22H22FNO4S2/c1-15-12-18(9-10-19(15)23)30(26,27)21(20-4-3-11-29-20)14-24-22(25)13-16-5-7-17(28-2)8-6-16/h3-12,21H,13-14H2,1-2H3,(H,24,25). The van der Waals surface area contributed by atoms with Gasteiger partial charge < -0.3 is 10.1 Å². The number of methoxy groups -OCH3 is 1. The summed E-state index contributed by atoms with van der Waals surface area (Å²) in [4.78, 5) is 13.1. The van der Waals surface area contributed by atoms with Gasteiger partial charge in [0, 0.05) is 11.4 Å². The zero-order valence-electron chi connectivity index (χ0n) is 16.6. The maximum absolute atomic E-state index is 13.6. The van der Waals surface area contributed by atoms with Crippen LogP contribution in [0.2, 0.25) is 0 Å². The fraction of sp³-hybridized carbons (Fsp3) is 0.227. The molecule has 8 heteroatoms. The normalized spacial score (nSPS) is 12.4. The number of hydrogen-bond acceptors (Lipinski definition) is 5. The maximum Gasteiger partial charge on any atom is 0.224 e. The zero-order valence-corrected chi connectivity index (χ0v) is 18.2. The summed E-state index contributed by atoms with van der Waals surface area (Å²) in [5.41, 5.74) is 1.04. The number of thiophene rings is 1. The number of halogens is 1. The van der Waals surface area contributed by atoms with E-state index < -0.39 is 20.9 Å². The van der Waals surface area contributed by atoms with Crippen molar-refractivity contribution in [3.63, 3.8) is 0 Å². The Kier molecular flexibility index (Phi) is 6.89. The van der Waals surface area contributed by atoms with Gasteiger partial charge >= 0.3 is 0 Å². The largest absolute Gasteiger partial charge is 0.497 e. The molecule has 0 aliphatic heterocycles. The summed E-state index contributed by atoms with van der Waals surface area (Å²) < 4.78 is 45.2. The number of benzene rings is 2. The monoisotopic (exact) mass is 447 g/mol. The maximum atomic E-state index is 13.6. The second-order valence-corrected chi connectivity index (χ2v) is 9.90. The van der Waals surface area contributed by atoms with Crippen molar-refractivity contribution in [1.29, 1.82) is 0 Å². The van der Waals surface area contributed by atoms with Crippen molar-refractivity contribution in [2.45, 2.75) is 23.5 Å². The van der Waals surface area contributed by atoms with E-state index in [1.54, 1.807) is 48.9 Å². The van der Waals surface area contributed by atoms with E-state index in [1.165, 1.54) is 30.4 Å². The molecule has 0 bridgehead atoms. The highest BCUT2D eigenvalue weighted by molar-refractivity contribution is 7.91. The molecule has 0 saturated heterocycles. The fourth-order valence-corrected chi connectivity index (χ4v) is 5.86. The Balaban J connectivity index is 1.77. The molecule has 3 aromatic rings. The highest BCUT2D eigenvalue weighted by atomic mass is 32.2. The second-order valence-electron chi connectivity index (χ2n) is 6.79. The molecule has 1 amide bonds. The Morgan fingerprint density at radius 1 is 1.17 bits per heavy atom. The Morgan fingerprint density at radius 3 is 2.50 bits per heavy atom. The molecule has 158 valence electrons. The van der Waals surface area contributed by atoms with Gasteiger partial charge in [0.2, 0.25) is 5.91 Å². The van der Waals surface area contributed by atoms with E-state index in [0.717, 1.165) is 11.6 Å². The van der Waals surface area contributed by atoms with E-state index in [9.17, 15) is 17.6 Å². The van der Waals surface area contributed by atoms with Gasteiger partial charge in [-0.3, -0.25) is 4.79 Å². The van der Waals surface area contributed by atoms with E-state index in [2.05, 4.69) is 5.32 Å². The number of hydrogen-bond donors (Lipinski definition) is 1. The van der Waals surface area contributed by atoms with Crippen molar-refractivity contribution < 1.29 is 22.3 Å². The molecule has 0 spiro atoms. The van der Waals surface area contributed by atoms with Gasteiger partial charge in [0.15, 0.2) is 9.84 Å². The molecule has 0 aliphatic rings. The van der Waals surface area contributed by atoms with E-state index in [-0.39, 0.29) is 29.3 Å². The van der Waals surface area contributed by atoms with Gasteiger partial charge in [0.05, 0.1) is 18.4 Å². The molecule has 1 aromatic heterocycles. The second kappa shape index (κ2) is 9.40. The third-order valence-electron chi connectivity index (χ3n) is 4.70. The van der Waals surface area contributed by atoms with E-state index in [1.807, 2.05) is 0 Å². The predicted octanol–water partition coefficient (Wildman–Crippen LogP) is 4.08. The molecule has 0 radical (unpaired) electrons. The minimum atomic E-state index is -3.83. The first-order valence-electron chi connectivity index (χ1n) is 9.24. The third kappa shape index (κ3) is 5.06. The number of carbonyl (C=O) groups is 1. The van der Waals surface area contributed by atoms with Gasteiger partial charge in [-0.05, 0) is 59.8 Å². The van der Waals surface area contributed by atoms with Crippen LogP contribution in [0.4, 0.5) is 4.39 Å². The molecule has 1 unspecified atom stereocenters. The molecule has 0 fully saturated rings. The van der Waals surface area contributed by atoms with Gasteiger partial charge in [-0.1, -0.05) is 18.2 Å². The van der Waals surface area contributed by atoms with Crippen LogP contribution < -0.4 is 10.1 Å². The van der Waals surface area contributed by atoms with Gasteiger partial charge in [-0.25, -0.2) is 12.8 Å². The molecule has 0 aliphatic carbocycles. The first-order valence-corrected chi connectivity index (χ1v) is 11.7. The van der Waals surface area contributed by atoms with Crippen molar-refractivity contribution >= 4 is 27.1 Å². The lowest BCUT2D eigenvalue weighted by Crippen LogP contribution is -2.32. The summed E-state index contributed by atoms with van der Waals surface area (Å²) in [6, 6.07) is 14.3. The first-order chi connectivity index (χ1) is 14.3. The summed E-state index contributed by atoms with van der Waals surface area (Å²) in [5.74, 6) is -0.0563. The lowest BCUT2D eigenvalue weighted by atomic mass is 10.1. The fourth-order valence-electron chi connectivity index (χ4n) is 2.99. The lowest BCUT2D eigenvalue weighted by molar-refractivity contribution is -0.120. The van der Waals surface area contributed by atoms with Crippen molar-refractivity contribution in [1.82, 2.24) is 5.32 Å². The van der Waals surface area contributed by atoms with Gasteiger partial charge in [-0.15, -0.1) is 11.3 Å². The number of carbonyl (C=O) groups excluding carboxylic acids is 1. The molecule has 2 aromatic carbocycles. The topological polar surface area (TPSA) is 72.5 Å². The van der Waals surface area contributed by atoms with Gasteiger partial charge in [0.1, 0.15) is 16.8 Å². The number of sulfone groups is 1. The lowest BCUT2D eigenvalue weighted by Gasteiger charge is -2.18. The van der Waals surface area contributed by atoms with Crippen molar-refractivity contribution in [2.75, 3.05) is 13.7 Å². The highest BCUT2D eigenvalue weighted by Crippen LogP contribution is 2.32. The van der Waals surface area contributed by atoms with E-state index >= 15 is 0 Å². The Bertz CT molecular complexity index is 1110. The molecule has 3 rings (SSSR count). The molecule has 0 saturated carbocycles. The minimum Gasteiger partial charge on any atom is -0.497 e. The third-order valence-corrected chi connectivity index (χ3v) is 7.92. The Hall–Kier alpha value is -2.71. The van der Waals surface area contributed by atoms with Gasteiger partial charge in [-0.2, -0.15) is 0 Å². The first kappa shape index (κ1) is 22.0. The van der Waals surface area contributed by atoms with Gasteiger partial charge in [0.25, 0.3) is 0 Å². The van der Waals surface area contributed by atoms with Crippen LogP contribution >= 0.6 is 11.3 Å². The van der Waals surface area contributed by atoms with E-state index in [0.29, 0.717) is 10.6 Å². The summed E-state index contributed by atoms with van der Waals surface area (Å²) in [6.45, 7) is 1.44. The molecule has 30 heavy (non-hydrogen) atoms. The quantitative estimate of drug-likeness (QED) is 0.528. The zero-order chi connectivity index (χ0) is 21.7. The smallest absolute Gasteiger partial charge is 0.224 e. The molecule has 1 heterocycles. The van der Waals surface area contributed by atoms with Crippen molar-refractivity contribution in [3.05, 3.63) is 81.8 Å². The average molecular weight is 448 g/mol. The summed E-state index contributed by atoms with van der Waals surface area (Å²) in [6.07, 6.45) is 0.122. The number of aryl methyl sites for hydroxylation is 1. The minimum absolute atomic E-state index is 0.0317. The number of rotatable bonds is 8. The molecule has 5 nitrogen and oxygen atoms in total. The van der Waals surface area contributed by atoms with E-state index in [4.69, 9.17) is 4.74 Å². The number of nitrogens with one attached hydrogen (secondary N) is 1. The number of amides is 1. The van der Waals surface area contributed by atoms with Crippen LogP contribution in [0.15, 0.2) is 64.9 Å². The Morgan fingerprint density at radius 2 is 1.90 bits per heavy atom. The van der Waals surface area contributed by atoms with Crippen molar-refractivity contribution in [3.8, 4) is 5.75 Å². The Labute approximate surface area is 179 Å². The number of ether oxygens (including phenoxy) is 1. The summed E-state index contributed by atoms with van der Waals surface area (Å²) >= 11 is 1.30. The molecule has 1 atom stereocenters. The molecule has 1 N–H and O–H groups in total. The SMILES string of the molecule is COc1ccc(CC(=O)NCC(c2cccs2)S(=O)(=O)c2ccc(F)c(C)c2)cc1. The predicted molar refractivity (Wildman–Crippen MR) is 115 cm³/mol. The van der Waals surface area contributed by atoms with Crippen LogP contribution in [0.5, 0.6) is 5.75 Å². The average Bonchev–Trinajstić information content (AvgIpc) is 3.25. The van der Waals surface area contributed by atoms with Crippen LogP contribution in [0, 0.1) is 12.7 Å². The van der Waals surface area contributed by atoms with Crippen LogP contribution in [0.1, 0.15) is 21.3 Å². The van der Waals surface area contributed by atoms with Crippen LogP contribution in [-0.2, 0) is 21.1 Å². The summed E-state index contributed by atoms with van der Waals surface area (Å²) in [5, 5.41) is 3.56. The summed E-state index contributed by atoms with van der Waals surface area (Å²) in [7, 11) is -2.26. The molecular formula is C22H22FNO4S2. The molecular weight excluding hydrogens is 425 g/mol. The van der Waals surface area contributed by atoms with Crippen LogP contribution in [0.3, 0.4) is 0 Å². The van der Waals surface area contributed by atoms with Crippen molar-refractivity contribution in [2.24, 2.45) is 0 Å².